The van der Waals surface area contributed by atoms with E-state index in [0.29, 0.717) is 12.8 Å². The Kier molecular flexibility index (Phi) is 19.9. The second-order valence-corrected chi connectivity index (χ2v) is 13.8. The number of ketones is 1. The Bertz CT molecular complexity index is 1650. The van der Waals surface area contributed by atoms with Gasteiger partial charge in [-0.1, -0.05) is 6.08 Å². The second-order valence-electron chi connectivity index (χ2n) is 13.8. The number of aliphatic hydroxyl groups excluding tert-OH is 1. The van der Waals surface area contributed by atoms with Crippen LogP contribution in [-0.4, -0.2) is 78.9 Å². The van der Waals surface area contributed by atoms with Gasteiger partial charge in [0.15, 0.2) is 0 Å². The van der Waals surface area contributed by atoms with Crippen LogP contribution in [0, 0.1) is 0 Å². The Morgan fingerprint density at radius 1 is 0.804 bits per heavy atom. The number of nitrogens with one attached hydrogen (secondary N) is 4. The van der Waals surface area contributed by atoms with Crippen molar-refractivity contribution in [3.63, 3.8) is 0 Å². The first-order chi connectivity index (χ1) is 23.3. The number of carbonyl (C=O) groups is 3. The molecule has 51 heavy (non-hydrogen) atoms. The van der Waals surface area contributed by atoms with Crippen LogP contribution in [-0.2, 0) is 14.3 Å². The molecule has 2 aliphatic carbocycles. The first kappa shape index (κ1) is 45.9. The van der Waals surface area contributed by atoms with Crippen LogP contribution in [0.4, 0.5) is 9.59 Å². The van der Waals surface area contributed by atoms with Gasteiger partial charge in [0.05, 0.1) is 22.1 Å². The number of allylic oxidation sites excluding steroid dienone is 1. The largest absolute Gasteiger partial charge is 1.00 e. The SMILES string of the molecule is CC(C)(C)OC(=O)NC1CC=C(c2c[nH]c3cccnc23)CC1.CC(C)(C)OC(=O)NC1CCC(=O)CC1.CO.[K+].[OH-].c1cnc2cc[nH]c2c1. The molecule has 2 aliphatic rings. The van der Waals surface area contributed by atoms with Gasteiger partial charge in [-0.15, -0.1) is 0 Å². The van der Waals surface area contributed by atoms with Crippen LogP contribution in [0.3, 0.4) is 0 Å². The predicted molar refractivity (Wildman–Crippen MR) is 194 cm³/mol. The van der Waals surface area contributed by atoms with E-state index in [1.807, 2.05) is 90.5 Å². The number of carbonyl (C=O) groups excluding carboxylic acids is 3. The van der Waals surface area contributed by atoms with E-state index in [4.69, 9.17) is 14.6 Å². The fourth-order valence-electron chi connectivity index (χ4n) is 5.32. The van der Waals surface area contributed by atoms with Crippen LogP contribution >= 0.6 is 0 Å². The van der Waals surface area contributed by atoms with Crippen molar-refractivity contribution in [1.82, 2.24) is 30.6 Å². The van der Waals surface area contributed by atoms with Crippen molar-refractivity contribution < 1.29 is 85.8 Å². The number of nitrogens with zero attached hydrogens (tertiary/aromatic N) is 2. The Morgan fingerprint density at radius 3 is 1.90 bits per heavy atom. The standard InChI is InChI=1S/C18H23N3O2.C11H19NO3.C7H6N2.CH4O.K.H2O/c1-18(2,3)23-17(22)21-13-8-6-12(7-9-13)14-11-20-15-5-4-10-19-16(14)15;1-11(2,3)15-10(14)12-8-4-6-9(13)7-5-8;1-2-6-7(8-4-1)3-5-9-6;1-2;;/h4-6,10-11,13,20H,7-9H2,1-3H3,(H,21,22);8H,4-7H2,1-3H3,(H,12,14);1-5,9H;2H,1H3;;1H2/q;;;;+1;/p-1. The smallest absolute Gasteiger partial charge is 0.870 e. The van der Waals surface area contributed by atoms with Crippen molar-refractivity contribution in [1.29, 1.82) is 0 Å². The van der Waals surface area contributed by atoms with Crippen LogP contribution in [0.15, 0.2) is 61.2 Å². The van der Waals surface area contributed by atoms with E-state index < -0.39 is 11.2 Å². The molecule has 0 aromatic carbocycles. The number of Topliss-reactive ketones (excluding diaryl/α,β-unsaturated/α-hetero) is 1. The second kappa shape index (κ2) is 22.1. The number of alkyl carbamates (subject to hydrolysis) is 2. The maximum Gasteiger partial charge on any atom is 1.00 e. The maximum atomic E-state index is 11.8. The molecule has 1 unspecified atom stereocenters. The topological polar surface area (TPSA) is 201 Å². The van der Waals surface area contributed by atoms with Gasteiger partial charge in [0.2, 0.25) is 0 Å². The number of aromatic nitrogens is 4. The first-order valence-corrected chi connectivity index (χ1v) is 16.7. The van der Waals surface area contributed by atoms with Crippen molar-refractivity contribution in [2.75, 3.05) is 7.11 Å². The Balaban J connectivity index is 0.000000400. The molecule has 274 valence electrons. The third kappa shape index (κ3) is 16.4. The molecule has 0 aliphatic heterocycles. The van der Waals surface area contributed by atoms with Crippen LogP contribution < -0.4 is 62.0 Å². The van der Waals surface area contributed by atoms with Gasteiger partial charge < -0.3 is 40.7 Å². The van der Waals surface area contributed by atoms with Gasteiger partial charge in [-0.3, -0.25) is 14.8 Å². The van der Waals surface area contributed by atoms with Gasteiger partial charge in [0, 0.05) is 62.4 Å². The molecule has 1 atom stereocenters. The Hall–Kier alpha value is -3.11. The van der Waals surface area contributed by atoms with E-state index in [2.05, 4.69) is 36.6 Å². The number of rotatable bonds is 3. The van der Waals surface area contributed by atoms with Crippen molar-refractivity contribution in [2.45, 2.75) is 110 Å². The number of fused-ring (bicyclic) bond motifs is 2. The number of pyridine rings is 2. The minimum Gasteiger partial charge on any atom is -0.870 e. The molecule has 0 radical (unpaired) electrons. The van der Waals surface area contributed by atoms with Crippen molar-refractivity contribution >= 4 is 45.6 Å². The fourth-order valence-corrected chi connectivity index (χ4v) is 5.32. The number of aromatic amines is 2. The van der Waals surface area contributed by atoms with Crippen LogP contribution in [0.2, 0.25) is 0 Å². The van der Waals surface area contributed by atoms with Crippen LogP contribution in [0.1, 0.15) is 92.1 Å². The zero-order chi connectivity index (χ0) is 36.0. The fraction of sp³-hybridized carbons (Fsp3) is 0.486. The summed E-state index contributed by atoms with van der Waals surface area (Å²) in [6, 6.07) is 10.1. The molecule has 0 spiro atoms. The molecular weight excluding hydrogens is 680 g/mol. The van der Waals surface area contributed by atoms with E-state index >= 15 is 0 Å². The summed E-state index contributed by atoms with van der Waals surface area (Å²) in [6.45, 7) is 11.1. The van der Waals surface area contributed by atoms with E-state index in [-0.39, 0.29) is 86.9 Å². The molecule has 2 amide bonds. The number of hydrogen-bond donors (Lipinski definition) is 5. The van der Waals surface area contributed by atoms with Gasteiger partial charge in [0.1, 0.15) is 17.0 Å². The number of amides is 2. The Morgan fingerprint density at radius 2 is 1.35 bits per heavy atom. The van der Waals surface area contributed by atoms with Crippen LogP contribution in [0.25, 0.3) is 27.6 Å². The molecule has 6 rings (SSSR count). The molecule has 4 aromatic rings. The number of ether oxygens (including phenoxy) is 2. The minimum absolute atomic E-state index is 0. The summed E-state index contributed by atoms with van der Waals surface area (Å²) < 4.78 is 10.4. The van der Waals surface area contributed by atoms with Gasteiger partial charge in [-0.2, -0.15) is 0 Å². The summed E-state index contributed by atoms with van der Waals surface area (Å²) in [7, 11) is 1.00. The van der Waals surface area contributed by atoms with Gasteiger partial charge in [0.25, 0.3) is 0 Å². The van der Waals surface area contributed by atoms with Gasteiger partial charge in [-0.05, 0) is 110 Å². The predicted octanol–water partition coefficient (Wildman–Crippen LogP) is 4.04. The molecule has 1 saturated carbocycles. The summed E-state index contributed by atoms with van der Waals surface area (Å²) in [6.07, 6.45) is 14.2. The molecule has 6 N–H and O–H groups in total. The number of aliphatic hydroxyl groups is 1. The molecular formula is C37H53KN6O7. The van der Waals surface area contributed by atoms with E-state index in [1.165, 1.54) is 5.57 Å². The first-order valence-electron chi connectivity index (χ1n) is 16.7. The number of hydrogen-bond acceptors (Lipinski definition) is 9. The molecule has 14 heteroatoms. The maximum absolute atomic E-state index is 11.8. The average molecular weight is 733 g/mol. The molecule has 0 saturated heterocycles. The molecule has 4 aromatic heterocycles. The van der Waals surface area contributed by atoms with E-state index in [1.54, 1.807) is 6.20 Å². The molecule has 13 nitrogen and oxygen atoms in total. The summed E-state index contributed by atoms with van der Waals surface area (Å²) in [5, 5.41) is 12.7. The van der Waals surface area contributed by atoms with Gasteiger partial charge >= 0.3 is 63.6 Å². The van der Waals surface area contributed by atoms with Crippen molar-refractivity contribution in [2.24, 2.45) is 0 Å². The van der Waals surface area contributed by atoms with Gasteiger partial charge in [-0.25, -0.2) is 9.59 Å². The Labute approximate surface area is 342 Å². The zero-order valence-corrected chi connectivity index (χ0v) is 34.3. The molecule has 0 bridgehead atoms. The quantitative estimate of drug-likeness (QED) is 0.193. The summed E-state index contributed by atoms with van der Waals surface area (Å²) in [5.41, 5.74) is 5.71. The molecule has 1 fully saturated rings. The number of H-pyrrole nitrogens is 2. The minimum atomic E-state index is -0.464. The average Bonchev–Trinajstić information content (AvgIpc) is 3.70. The normalized spacial score (nSPS) is 15.8. The van der Waals surface area contributed by atoms with Crippen molar-refractivity contribution in [3.8, 4) is 0 Å². The van der Waals surface area contributed by atoms with E-state index in [9.17, 15) is 14.4 Å². The van der Waals surface area contributed by atoms with E-state index in [0.717, 1.165) is 66.8 Å². The monoisotopic (exact) mass is 732 g/mol. The van der Waals surface area contributed by atoms with Crippen LogP contribution in [0.5, 0.6) is 0 Å². The third-order valence-corrected chi connectivity index (χ3v) is 7.50. The molecule has 4 heterocycles. The summed E-state index contributed by atoms with van der Waals surface area (Å²) in [4.78, 5) is 49.1. The zero-order valence-electron chi connectivity index (χ0n) is 31.2. The summed E-state index contributed by atoms with van der Waals surface area (Å²) in [5.74, 6) is 0.289. The summed E-state index contributed by atoms with van der Waals surface area (Å²) >= 11 is 0. The van der Waals surface area contributed by atoms with Crippen molar-refractivity contribution in [3.05, 3.63) is 66.8 Å². The third-order valence-electron chi connectivity index (χ3n) is 7.50.